The molecular formula is C14H29NO5. The third-order valence-corrected chi connectivity index (χ3v) is 2.23. The van der Waals surface area contributed by atoms with Gasteiger partial charge in [0.25, 0.3) is 0 Å². The third kappa shape index (κ3) is 11.0. The quantitative estimate of drug-likeness (QED) is 0.700. The molecule has 2 atom stereocenters. The van der Waals surface area contributed by atoms with Gasteiger partial charge >= 0.3 is 6.09 Å². The lowest BCUT2D eigenvalue weighted by Gasteiger charge is -2.32. The van der Waals surface area contributed by atoms with Crippen LogP contribution in [0.15, 0.2) is 0 Å². The van der Waals surface area contributed by atoms with Crippen molar-refractivity contribution in [3.05, 3.63) is 0 Å². The number of rotatable bonds is 7. The molecule has 6 nitrogen and oxygen atoms in total. The summed E-state index contributed by atoms with van der Waals surface area (Å²) in [4.78, 5) is 10.7. The highest BCUT2D eigenvalue weighted by Crippen LogP contribution is 2.24. The smallest absolute Gasteiger partial charge is 0.404 e. The first kappa shape index (κ1) is 19.1. The Labute approximate surface area is 121 Å². The zero-order valence-electron chi connectivity index (χ0n) is 13.4. The number of hydrogen-bond acceptors (Lipinski definition) is 5. The lowest BCUT2D eigenvalue weighted by molar-refractivity contribution is -0.236. The summed E-state index contributed by atoms with van der Waals surface area (Å²) in [5.41, 5.74) is 4.49. The van der Waals surface area contributed by atoms with Crippen molar-refractivity contribution in [3.63, 3.8) is 0 Å². The first-order valence-electron chi connectivity index (χ1n) is 6.79. The van der Waals surface area contributed by atoms with Crippen LogP contribution in [0.4, 0.5) is 4.79 Å². The Bertz CT molecular complexity index is 293. The fourth-order valence-corrected chi connectivity index (χ4v) is 1.70. The molecule has 0 saturated carbocycles. The monoisotopic (exact) mass is 291 g/mol. The SMILES string of the molecule is CC(C)(C)CC(CO)OC(COC(N)=O)OC(C)(C)C. The van der Waals surface area contributed by atoms with Gasteiger partial charge < -0.3 is 25.1 Å². The van der Waals surface area contributed by atoms with E-state index in [0.29, 0.717) is 6.42 Å². The lowest BCUT2D eigenvalue weighted by Crippen LogP contribution is -2.38. The summed E-state index contributed by atoms with van der Waals surface area (Å²) >= 11 is 0. The Morgan fingerprint density at radius 3 is 2.10 bits per heavy atom. The number of amides is 1. The van der Waals surface area contributed by atoms with Crippen molar-refractivity contribution >= 4 is 6.09 Å². The maximum atomic E-state index is 10.7. The Morgan fingerprint density at radius 1 is 1.20 bits per heavy atom. The molecule has 0 aromatic rings. The predicted octanol–water partition coefficient (Wildman–Crippen LogP) is 2.04. The maximum absolute atomic E-state index is 10.7. The highest BCUT2D eigenvalue weighted by molar-refractivity contribution is 5.64. The van der Waals surface area contributed by atoms with E-state index in [4.69, 9.17) is 19.9 Å². The van der Waals surface area contributed by atoms with Crippen molar-refractivity contribution in [1.82, 2.24) is 0 Å². The fraction of sp³-hybridized carbons (Fsp3) is 0.929. The topological polar surface area (TPSA) is 91.0 Å². The van der Waals surface area contributed by atoms with Crippen LogP contribution < -0.4 is 5.73 Å². The van der Waals surface area contributed by atoms with E-state index >= 15 is 0 Å². The van der Waals surface area contributed by atoms with E-state index in [1.165, 1.54) is 0 Å². The average Bonchev–Trinajstić information content (AvgIpc) is 2.20. The van der Waals surface area contributed by atoms with Crippen LogP contribution in [0.3, 0.4) is 0 Å². The third-order valence-electron chi connectivity index (χ3n) is 2.23. The minimum Gasteiger partial charge on any atom is -0.444 e. The van der Waals surface area contributed by atoms with Gasteiger partial charge in [-0.1, -0.05) is 20.8 Å². The molecule has 0 spiro atoms. The Morgan fingerprint density at radius 2 is 1.75 bits per heavy atom. The number of aliphatic hydroxyl groups excluding tert-OH is 1. The van der Waals surface area contributed by atoms with E-state index in [1.54, 1.807) is 0 Å². The summed E-state index contributed by atoms with van der Waals surface area (Å²) in [7, 11) is 0. The molecule has 0 aromatic carbocycles. The van der Waals surface area contributed by atoms with Gasteiger partial charge in [0.05, 0.1) is 18.3 Å². The molecule has 2 unspecified atom stereocenters. The van der Waals surface area contributed by atoms with Crippen molar-refractivity contribution in [2.24, 2.45) is 11.1 Å². The molecule has 0 aliphatic heterocycles. The van der Waals surface area contributed by atoms with Gasteiger partial charge in [-0.25, -0.2) is 4.79 Å². The molecule has 0 aliphatic carbocycles. The molecule has 0 aliphatic rings. The van der Waals surface area contributed by atoms with Gasteiger partial charge in [0.2, 0.25) is 0 Å². The number of carbonyl (C=O) groups excluding carboxylic acids is 1. The van der Waals surface area contributed by atoms with E-state index in [0.717, 1.165) is 0 Å². The molecule has 0 bridgehead atoms. The molecule has 0 fully saturated rings. The Hall–Kier alpha value is -0.850. The van der Waals surface area contributed by atoms with Gasteiger partial charge in [-0.3, -0.25) is 0 Å². The average molecular weight is 291 g/mol. The van der Waals surface area contributed by atoms with Gasteiger partial charge in [-0.2, -0.15) is 0 Å². The van der Waals surface area contributed by atoms with Crippen LogP contribution in [0.2, 0.25) is 0 Å². The molecule has 120 valence electrons. The first-order valence-corrected chi connectivity index (χ1v) is 6.79. The molecule has 0 aromatic heterocycles. The van der Waals surface area contributed by atoms with Crippen molar-refractivity contribution in [2.75, 3.05) is 13.2 Å². The largest absolute Gasteiger partial charge is 0.444 e. The van der Waals surface area contributed by atoms with E-state index in [-0.39, 0.29) is 24.7 Å². The van der Waals surface area contributed by atoms with Crippen LogP contribution in [0.5, 0.6) is 0 Å². The molecule has 20 heavy (non-hydrogen) atoms. The molecule has 6 heteroatoms. The summed E-state index contributed by atoms with van der Waals surface area (Å²) in [6, 6.07) is 0. The minimum atomic E-state index is -0.882. The second kappa shape index (κ2) is 7.81. The second-order valence-corrected chi connectivity index (χ2v) is 7.00. The van der Waals surface area contributed by atoms with Crippen LogP contribution in [-0.2, 0) is 14.2 Å². The number of ether oxygens (including phenoxy) is 3. The van der Waals surface area contributed by atoms with Crippen LogP contribution >= 0.6 is 0 Å². The van der Waals surface area contributed by atoms with Gasteiger partial charge in [-0.15, -0.1) is 0 Å². The number of aliphatic hydroxyl groups is 1. The maximum Gasteiger partial charge on any atom is 0.404 e. The summed E-state index contributed by atoms with van der Waals surface area (Å²) < 4.78 is 16.1. The van der Waals surface area contributed by atoms with Crippen LogP contribution in [0.1, 0.15) is 48.0 Å². The standard InChI is InChI=1S/C14H29NO5/c1-13(2,3)7-10(8-16)19-11(9-18-12(15)17)20-14(4,5)6/h10-11,16H,7-9H2,1-6H3,(H2,15,17). The van der Waals surface area contributed by atoms with Crippen LogP contribution in [-0.4, -0.2) is 42.4 Å². The highest BCUT2D eigenvalue weighted by atomic mass is 16.7. The van der Waals surface area contributed by atoms with Crippen molar-refractivity contribution < 1.29 is 24.1 Å². The van der Waals surface area contributed by atoms with E-state index in [2.05, 4.69) is 20.8 Å². The number of carbonyl (C=O) groups is 1. The number of nitrogens with two attached hydrogens (primary N) is 1. The summed E-state index contributed by atoms with van der Waals surface area (Å²) in [6.45, 7) is 11.5. The molecule has 0 heterocycles. The normalized spacial score (nSPS) is 15.8. The summed E-state index contributed by atoms with van der Waals surface area (Å²) in [5.74, 6) is 0. The number of primary amides is 1. The fourth-order valence-electron chi connectivity index (χ4n) is 1.70. The molecular weight excluding hydrogens is 262 g/mol. The predicted molar refractivity (Wildman–Crippen MR) is 76.2 cm³/mol. The van der Waals surface area contributed by atoms with Gasteiger partial charge in [-0.05, 0) is 32.6 Å². The number of hydrogen-bond donors (Lipinski definition) is 2. The van der Waals surface area contributed by atoms with Crippen molar-refractivity contribution in [2.45, 2.75) is 66.0 Å². The molecule has 0 saturated heterocycles. The first-order chi connectivity index (χ1) is 8.93. The minimum absolute atomic E-state index is 0.00419. The Balaban J connectivity index is 4.62. The molecule has 1 amide bonds. The van der Waals surface area contributed by atoms with Gasteiger partial charge in [0, 0.05) is 0 Å². The van der Waals surface area contributed by atoms with E-state index < -0.39 is 18.0 Å². The van der Waals surface area contributed by atoms with Crippen LogP contribution in [0, 0.1) is 5.41 Å². The Kier molecular flexibility index (Phi) is 7.47. The molecule has 0 rings (SSSR count). The summed E-state index contributed by atoms with van der Waals surface area (Å²) in [5, 5.41) is 9.40. The van der Waals surface area contributed by atoms with Gasteiger partial charge in [0.1, 0.15) is 6.61 Å². The highest BCUT2D eigenvalue weighted by Gasteiger charge is 2.26. The van der Waals surface area contributed by atoms with E-state index in [9.17, 15) is 9.90 Å². The van der Waals surface area contributed by atoms with E-state index in [1.807, 2.05) is 20.8 Å². The summed E-state index contributed by atoms with van der Waals surface area (Å²) in [6.07, 6.45) is -1.38. The van der Waals surface area contributed by atoms with Crippen LogP contribution in [0.25, 0.3) is 0 Å². The zero-order chi connectivity index (χ0) is 16.0. The zero-order valence-corrected chi connectivity index (χ0v) is 13.4. The van der Waals surface area contributed by atoms with Crippen molar-refractivity contribution in [1.29, 1.82) is 0 Å². The van der Waals surface area contributed by atoms with Gasteiger partial charge in [0.15, 0.2) is 6.29 Å². The molecule has 3 N–H and O–H groups in total. The second-order valence-electron chi connectivity index (χ2n) is 7.00. The van der Waals surface area contributed by atoms with Crippen molar-refractivity contribution in [3.8, 4) is 0 Å². The molecule has 0 radical (unpaired) electrons. The lowest BCUT2D eigenvalue weighted by atomic mass is 9.89.